The Kier molecular flexibility index (Phi) is 12.1. The van der Waals surface area contributed by atoms with Gasteiger partial charge in [0.25, 0.3) is 0 Å². The average molecular weight is 754 g/mol. The van der Waals surface area contributed by atoms with E-state index in [-0.39, 0.29) is 26.1 Å². The number of nitrogens with one attached hydrogen (secondary N) is 2. The first-order valence-corrected chi connectivity index (χ1v) is 20.4. The third-order valence-electron chi connectivity index (χ3n) is 12.4. The number of hydroxylamine groups is 2. The van der Waals surface area contributed by atoms with Gasteiger partial charge in [0.2, 0.25) is 11.8 Å². The number of unbranched alkanes of at least 4 members (excludes halogenated alkanes) is 4. The number of carbonyl (C=O) groups excluding carboxylic acids is 3. The third kappa shape index (κ3) is 7.87. The second kappa shape index (κ2) is 16.7. The van der Waals surface area contributed by atoms with Crippen LogP contribution in [0.3, 0.4) is 0 Å². The highest BCUT2D eigenvalue weighted by Gasteiger charge is 2.76. The van der Waals surface area contributed by atoms with Gasteiger partial charge in [-0.3, -0.25) is 19.2 Å². The highest BCUT2D eigenvalue weighted by molar-refractivity contribution is 5.96. The van der Waals surface area contributed by atoms with Crippen LogP contribution in [-0.2, 0) is 44.7 Å². The molecule has 2 aliphatic carbocycles. The molecule has 13 heteroatoms. The van der Waals surface area contributed by atoms with Gasteiger partial charge in [-0.05, 0) is 56.1 Å². The zero-order chi connectivity index (χ0) is 38.0. The number of amides is 2. The van der Waals surface area contributed by atoms with Crippen LogP contribution in [0.25, 0.3) is 6.08 Å². The number of fused-ring (bicyclic) bond motifs is 5. The summed E-state index contributed by atoms with van der Waals surface area (Å²) < 4.78 is 25.7. The first kappa shape index (κ1) is 39.3. The van der Waals surface area contributed by atoms with Gasteiger partial charge in [0.1, 0.15) is 35.9 Å². The van der Waals surface area contributed by atoms with Crippen LogP contribution in [0.4, 0.5) is 0 Å². The lowest BCUT2D eigenvalue weighted by atomic mass is 9.62. The second-order valence-corrected chi connectivity index (χ2v) is 16.3. The molecule has 4 heterocycles. The third-order valence-corrected chi connectivity index (χ3v) is 12.4. The van der Waals surface area contributed by atoms with Crippen molar-refractivity contribution < 1.29 is 48.4 Å². The van der Waals surface area contributed by atoms with Crippen molar-refractivity contribution in [2.45, 2.75) is 165 Å². The van der Waals surface area contributed by atoms with E-state index in [2.05, 4.69) is 42.7 Å². The Labute approximate surface area is 318 Å². The average Bonchev–Trinajstić information content (AvgIpc) is 3.70. The molecule has 2 saturated carbocycles. The number of epoxide rings is 1. The molecule has 7 rings (SSSR count). The number of ether oxygens (including phenoxy) is 4. The number of hydrogen-bond donors (Lipinski definition) is 4. The van der Waals surface area contributed by atoms with Gasteiger partial charge in [-0.25, -0.2) is 0 Å². The Balaban J connectivity index is 1.19. The minimum Gasteiger partial charge on any atom is -0.458 e. The fourth-order valence-corrected chi connectivity index (χ4v) is 9.50. The number of rotatable bonds is 18. The molecule has 6 fully saturated rings. The minimum absolute atomic E-state index is 0.0447. The van der Waals surface area contributed by atoms with Crippen LogP contribution in [0.15, 0.2) is 30.3 Å². The molecule has 0 spiro atoms. The molecule has 54 heavy (non-hydrogen) atoms. The summed E-state index contributed by atoms with van der Waals surface area (Å²) in [5, 5.41) is 26.9. The maximum absolute atomic E-state index is 14.8. The summed E-state index contributed by atoms with van der Waals surface area (Å²) in [5.41, 5.74) is 0.389. The van der Waals surface area contributed by atoms with Crippen molar-refractivity contribution in [3.63, 3.8) is 0 Å². The Morgan fingerprint density at radius 1 is 1.04 bits per heavy atom. The topological polar surface area (TPSA) is 168 Å². The summed E-state index contributed by atoms with van der Waals surface area (Å²) >= 11 is 0. The summed E-state index contributed by atoms with van der Waals surface area (Å²) in [5.74, 6) is -2.29. The number of hydrogen-bond acceptors (Lipinski definition) is 11. The van der Waals surface area contributed by atoms with Gasteiger partial charge in [0.05, 0.1) is 31.5 Å². The summed E-state index contributed by atoms with van der Waals surface area (Å²) in [6.07, 6.45) is 11.5. The van der Waals surface area contributed by atoms with E-state index in [1.807, 2.05) is 18.2 Å². The number of nitrogens with zero attached hydrogens (tertiary/aromatic N) is 1. The Bertz CT molecular complexity index is 1530. The quantitative estimate of drug-likeness (QED) is 0.0981. The molecule has 6 aliphatic rings. The number of allylic oxidation sites excluding steroid dienone is 1. The lowest BCUT2D eigenvalue weighted by Crippen LogP contribution is -2.71. The van der Waals surface area contributed by atoms with E-state index >= 15 is 0 Å². The summed E-state index contributed by atoms with van der Waals surface area (Å²) in [6.45, 7) is 5.55. The highest BCUT2D eigenvalue weighted by Crippen LogP contribution is 2.58. The van der Waals surface area contributed by atoms with Crippen molar-refractivity contribution in [3.8, 4) is 0 Å². The van der Waals surface area contributed by atoms with Crippen LogP contribution in [0.5, 0.6) is 0 Å². The van der Waals surface area contributed by atoms with Gasteiger partial charge in [-0.2, -0.15) is 5.06 Å². The van der Waals surface area contributed by atoms with E-state index in [0.29, 0.717) is 31.0 Å². The molecule has 4 N–H and O–H groups in total. The van der Waals surface area contributed by atoms with Crippen LogP contribution >= 0.6 is 0 Å². The number of carbonyl (C=O) groups is 3. The fourth-order valence-electron chi connectivity index (χ4n) is 9.50. The number of aliphatic hydroxyl groups excluding tert-OH is 2. The molecule has 0 aromatic heterocycles. The van der Waals surface area contributed by atoms with Gasteiger partial charge in [0, 0.05) is 25.8 Å². The van der Waals surface area contributed by atoms with E-state index in [0.717, 1.165) is 68.9 Å². The molecule has 4 saturated heterocycles. The smallest absolute Gasteiger partial charge is 0.327 e. The lowest BCUT2D eigenvalue weighted by Gasteiger charge is -2.49. The van der Waals surface area contributed by atoms with E-state index in [1.165, 1.54) is 6.92 Å². The first-order valence-electron chi connectivity index (χ1n) is 20.4. The number of esters is 1. The molecule has 5 unspecified atom stereocenters. The lowest BCUT2D eigenvalue weighted by molar-refractivity contribution is -0.224. The van der Waals surface area contributed by atoms with Gasteiger partial charge in [-0.15, -0.1) is 0 Å². The minimum atomic E-state index is -1.51. The molecule has 2 bridgehead atoms. The van der Waals surface area contributed by atoms with Crippen molar-refractivity contribution in [3.05, 3.63) is 41.5 Å². The summed E-state index contributed by atoms with van der Waals surface area (Å²) in [6, 6.07) is 5.55. The molecule has 13 nitrogen and oxygen atoms in total. The second-order valence-electron chi connectivity index (χ2n) is 16.3. The van der Waals surface area contributed by atoms with Crippen molar-refractivity contribution in [1.29, 1.82) is 0 Å². The first-order chi connectivity index (χ1) is 26.1. The van der Waals surface area contributed by atoms with E-state index in [4.69, 9.17) is 23.8 Å². The van der Waals surface area contributed by atoms with E-state index < -0.39 is 71.6 Å². The van der Waals surface area contributed by atoms with E-state index in [1.54, 1.807) is 5.06 Å². The Hall–Kier alpha value is -2.91. The monoisotopic (exact) mass is 753 g/mol. The predicted octanol–water partition coefficient (Wildman–Crippen LogP) is 3.68. The SMILES string of the molecule is CCCCCC1(CCCCC)O[C@@H]2[C@H]3ON(Cc4cccc(C=CC5CCC6OC6C5)c4)[C@H]4C(=O)OC(CC34C(=O)N[C@@H](C(=O)NCCO)[C@H](C)O)[C@@H]2O1. The maximum Gasteiger partial charge on any atom is 0.327 e. The van der Waals surface area contributed by atoms with Crippen LogP contribution in [0.2, 0.25) is 0 Å². The largest absolute Gasteiger partial charge is 0.458 e. The zero-order valence-corrected chi connectivity index (χ0v) is 32.0. The van der Waals surface area contributed by atoms with Crippen molar-refractivity contribution in [1.82, 2.24) is 15.7 Å². The molecule has 1 aromatic rings. The normalized spacial score (nSPS) is 34.5. The molecule has 298 valence electrons. The molecule has 11 atom stereocenters. The van der Waals surface area contributed by atoms with E-state index in [9.17, 15) is 24.6 Å². The maximum atomic E-state index is 14.8. The Morgan fingerprint density at radius 3 is 2.50 bits per heavy atom. The van der Waals surface area contributed by atoms with Crippen molar-refractivity contribution in [2.75, 3.05) is 13.2 Å². The highest BCUT2D eigenvalue weighted by atomic mass is 16.8. The van der Waals surface area contributed by atoms with Crippen molar-refractivity contribution in [2.24, 2.45) is 11.3 Å². The van der Waals surface area contributed by atoms with Crippen LogP contribution in [0.1, 0.15) is 109 Å². The molecule has 0 radical (unpaired) electrons. The Morgan fingerprint density at radius 2 is 1.80 bits per heavy atom. The number of aliphatic hydroxyl groups is 2. The van der Waals surface area contributed by atoms with Gasteiger partial charge in [-0.1, -0.05) is 75.9 Å². The standard InChI is InChI=1S/C41H59N3O10/c1-4-6-8-17-40(18-9-7-5-2)52-33-31-23-41(39(49)43-32(25(3)46)37(47)42-19-20-45)35(38(48)51-31)44(54-36(41)34(33)53-40)24-28-12-10-11-26(21-28)13-14-27-15-16-29-30(22-27)50-29/h10-14,21,25,27,29-36,45-46H,4-9,15-20,22-24H2,1-3H3,(H,42,47)(H,43,49)/t25-,27?,29?,30?,31?,32+,33-,34-,35-,36+,41?/m0/s1. The molecule has 1 aromatic carbocycles. The molecule has 4 aliphatic heterocycles. The van der Waals surface area contributed by atoms with Crippen LogP contribution in [0, 0.1) is 11.3 Å². The van der Waals surface area contributed by atoms with Gasteiger partial charge >= 0.3 is 5.97 Å². The molecule has 2 amide bonds. The summed E-state index contributed by atoms with van der Waals surface area (Å²) in [4.78, 5) is 48.9. The van der Waals surface area contributed by atoms with Crippen LogP contribution in [-0.4, -0.2) is 107 Å². The zero-order valence-electron chi connectivity index (χ0n) is 32.0. The summed E-state index contributed by atoms with van der Waals surface area (Å²) in [7, 11) is 0. The molecular weight excluding hydrogens is 694 g/mol. The van der Waals surface area contributed by atoms with Gasteiger partial charge in [0.15, 0.2) is 11.8 Å². The number of benzene rings is 1. The predicted molar refractivity (Wildman–Crippen MR) is 197 cm³/mol. The fraction of sp³-hybridized carbons (Fsp3) is 0.732. The van der Waals surface area contributed by atoms with Crippen LogP contribution < -0.4 is 10.6 Å². The molecular formula is C41H59N3O10. The van der Waals surface area contributed by atoms with Crippen molar-refractivity contribution >= 4 is 23.9 Å². The van der Waals surface area contributed by atoms with Gasteiger partial charge < -0.3 is 39.8 Å².